The summed E-state index contributed by atoms with van der Waals surface area (Å²) in [4.78, 5) is 11.5. The fourth-order valence-corrected chi connectivity index (χ4v) is 1.57. The van der Waals surface area contributed by atoms with Crippen LogP contribution >= 0.6 is 0 Å². The highest BCUT2D eigenvalue weighted by Gasteiger charge is 2.63. The second-order valence-electron chi connectivity index (χ2n) is 5.08. The van der Waals surface area contributed by atoms with Crippen molar-refractivity contribution in [2.75, 3.05) is 6.54 Å². The summed E-state index contributed by atoms with van der Waals surface area (Å²) in [5.74, 6) is -0.0992. The van der Waals surface area contributed by atoms with Gasteiger partial charge in [-0.1, -0.05) is 13.8 Å². The van der Waals surface area contributed by atoms with Crippen molar-refractivity contribution in [2.45, 2.75) is 51.4 Å². The summed E-state index contributed by atoms with van der Waals surface area (Å²) in [6.07, 6.45) is -4.17. The molecule has 3 nitrogen and oxygen atoms in total. The summed E-state index contributed by atoms with van der Waals surface area (Å²) in [6, 6.07) is -0.821. The van der Waals surface area contributed by atoms with Crippen LogP contribution in [0.5, 0.6) is 0 Å². The van der Waals surface area contributed by atoms with Crippen LogP contribution in [-0.2, 0) is 4.79 Å². The molecular formula is C11H19F3N2O. The number of hydrogen-bond acceptors (Lipinski definition) is 2. The minimum absolute atomic E-state index is 0.0539. The van der Waals surface area contributed by atoms with E-state index < -0.39 is 17.8 Å². The van der Waals surface area contributed by atoms with Gasteiger partial charge in [-0.25, -0.2) is 0 Å². The Bertz CT molecular complexity index is 285. The number of halogens is 3. The van der Waals surface area contributed by atoms with Gasteiger partial charge in [0.25, 0.3) is 0 Å². The lowest BCUT2D eigenvalue weighted by Crippen LogP contribution is -2.54. The number of carbonyl (C=O) groups is 1. The SMILES string of the molecule is CC(C)CNC(=O)C(C)NC1(C(F)(F)F)CC1. The average molecular weight is 252 g/mol. The van der Waals surface area contributed by atoms with Gasteiger partial charge in [0.15, 0.2) is 0 Å². The zero-order valence-corrected chi connectivity index (χ0v) is 10.3. The van der Waals surface area contributed by atoms with Crippen LogP contribution in [0.1, 0.15) is 33.6 Å². The fraction of sp³-hybridized carbons (Fsp3) is 0.909. The Balaban J connectivity index is 2.44. The van der Waals surface area contributed by atoms with Gasteiger partial charge in [-0.2, -0.15) is 13.2 Å². The van der Waals surface area contributed by atoms with E-state index in [9.17, 15) is 18.0 Å². The molecule has 1 saturated carbocycles. The molecule has 0 saturated heterocycles. The molecule has 0 heterocycles. The molecule has 1 aliphatic carbocycles. The Morgan fingerprint density at radius 2 is 1.82 bits per heavy atom. The second-order valence-corrected chi connectivity index (χ2v) is 5.08. The largest absolute Gasteiger partial charge is 0.406 e. The van der Waals surface area contributed by atoms with Crippen molar-refractivity contribution in [1.29, 1.82) is 0 Å². The maximum Gasteiger partial charge on any atom is 0.406 e. The standard InChI is InChI=1S/C11H19F3N2O/c1-7(2)6-15-9(17)8(3)16-10(4-5-10)11(12,13)14/h7-8,16H,4-6H2,1-3H3,(H,15,17). The van der Waals surface area contributed by atoms with Gasteiger partial charge in [0.2, 0.25) is 5.91 Å². The molecule has 0 bridgehead atoms. The molecule has 100 valence electrons. The Hall–Kier alpha value is -0.780. The van der Waals surface area contributed by atoms with Gasteiger partial charge in [-0.05, 0) is 25.7 Å². The first kappa shape index (κ1) is 14.3. The predicted molar refractivity (Wildman–Crippen MR) is 58.5 cm³/mol. The summed E-state index contributed by atoms with van der Waals surface area (Å²) in [5, 5.41) is 5.01. The van der Waals surface area contributed by atoms with E-state index >= 15 is 0 Å². The third kappa shape index (κ3) is 3.59. The Morgan fingerprint density at radius 1 is 1.29 bits per heavy atom. The van der Waals surface area contributed by atoms with Gasteiger partial charge in [-0.3, -0.25) is 10.1 Å². The van der Waals surface area contributed by atoms with E-state index in [4.69, 9.17) is 0 Å². The van der Waals surface area contributed by atoms with Crippen LogP contribution in [0.3, 0.4) is 0 Å². The van der Waals surface area contributed by atoms with Gasteiger partial charge in [0.1, 0.15) is 5.54 Å². The highest BCUT2D eigenvalue weighted by Crippen LogP contribution is 2.49. The third-order valence-corrected chi connectivity index (χ3v) is 2.86. The van der Waals surface area contributed by atoms with Crippen molar-refractivity contribution in [3.63, 3.8) is 0 Å². The smallest absolute Gasteiger partial charge is 0.354 e. The lowest BCUT2D eigenvalue weighted by atomic mass is 10.2. The molecule has 1 amide bonds. The van der Waals surface area contributed by atoms with Crippen molar-refractivity contribution < 1.29 is 18.0 Å². The summed E-state index contributed by atoms with van der Waals surface area (Å²) >= 11 is 0. The van der Waals surface area contributed by atoms with E-state index in [1.165, 1.54) is 6.92 Å². The fourth-order valence-electron chi connectivity index (χ4n) is 1.57. The lowest BCUT2D eigenvalue weighted by molar-refractivity contribution is -0.168. The van der Waals surface area contributed by atoms with Crippen molar-refractivity contribution in [2.24, 2.45) is 5.92 Å². The predicted octanol–water partition coefficient (Wildman–Crippen LogP) is 1.83. The molecule has 1 rings (SSSR count). The number of rotatable bonds is 5. The Labute approximate surface area is 99.1 Å². The van der Waals surface area contributed by atoms with E-state index in [-0.39, 0.29) is 24.7 Å². The van der Waals surface area contributed by atoms with Gasteiger partial charge >= 0.3 is 6.18 Å². The van der Waals surface area contributed by atoms with E-state index in [1.807, 2.05) is 13.8 Å². The van der Waals surface area contributed by atoms with Gasteiger partial charge in [0, 0.05) is 6.54 Å². The van der Waals surface area contributed by atoms with E-state index in [2.05, 4.69) is 10.6 Å². The number of hydrogen-bond donors (Lipinski definition) is 2. The second kappa shape index (κ2) is 4.84. The van der Waals surface area contributed by atoms with Crippen molar-refractivity contribution in [1.82, 2.24) is 10.6 Å². The van der Waals surface area contributed by atoms with Crippen molar-refractivity contribution in [3.8, 4) is 0 Å². The number of carbonyl (C=O) groups excluding carboxylic acids is 1. The molecule has 1 unspecified atom stereocenters. The molecule has 17 heavy (non-hydrogen) atoms. The first-order valence-electron chi connectivity index (χ1n) is 5.80. The minimum Gasteiger partial charge on any atom is -0.354 e. The molecule has 0 radical (unpaired) electrons. The monoisotopic (exact) mass is 252 g/mol. The first-order chi connectivity index (χ1) is 7.68. The summed E-state index contributed by atoms with van der Waals surface area (Å²) in [5.41, 5.74) is -1.83. The highest BCUT2D eigenvalue weighted by molar-refractivity contribution is 5.81. The molecular weight excluding hydrogens is 233 g/mol. The summed E-state index contributed by atoms with van der Waals surface area (Å²) in [6.45, 7) is 5.79. The van der Waals surface area contributed by atoms with Crippen LogP contribution in [-0.4, -0.2) is 30.2 Å². The minimum atomic E-state index is -4.28. The molecule has 1 aliphatic rings. The van der Waals surface area contributed by atoms with E-state index in [1.54, 1.807) is 0 Å². The van der Waals surface area contributed by atoms with Gasteiger partial charge < -0.3 is 5.32 Å². The molecule has 0 aromatic heterocycles. The van der Waals surface area contributed by atoms with Crippen LogP contribution in [0.15, 0.2) is 0 Å². The zero-order valence-electron chi connectivity index (χ0n) is 10.3. The average Bonchev–Trinajstić information content (AvgIpc) is 2.93. The van der Waals surface area contributed by atoms with Gasteiger partial charge in [-0.15, -0.1) is 0 Å². The normalized spacial score (nSPS) is 20.2. The first-order valence-corrected chi connectivity index (χ1v) is 5.80. The van der Waals surface area contributed by atoms with Crippen LogP contribution in [0, 0.1) is 5.92 Å². The molecule has 1 fully saturated rings. The third-order valence-electron chi connectivity index (χ3n) is 2.86. The summed E-state index contributed by atoms with van der Waals surface area (Å²) in [7, 11) is 0. The topological polar surface area (TPSA) is 41.1 Å². The molecule has 6 heteroatoms. The van der Waals surface area contributed by atoms with Crippen molar-refractivity contribution >= 4 is 5.91 Å². The maximum atomic E-state index is 12.6. The molecule has 2 N–H and O–H groups in total. The lowest BCUT2D eigenvalue weighted by Gasteiger charge is -2.24. The number of alkyl halides is 3. The molecule has 0 spiro atoms. The molecule has 0 aromatic rings. The van der Waals surface area contributed by atoms with E-state index in [0.717, 1.165) is 0 Å². The molecule has 0 aliphatic heterocycles. The van der Waals surface area contributed by atoms with Crippen LogP contribution in [0.25, 0.3) is 0 Å². The van der Waals surface area contributed by atoms with E-state index in [0.29, 0.717) is 6.54 Å². The number of amides is 1. The number of nitrogens with one attached hydrogen (secondary N) is 2. The zero-order chi connectivity index (χ0) is 13.3. The quantitative estimate of drug-likeness (QED) is 0.783. The highest BCUT2D eigenvalue weighted by atomic mass is 19.4. The molecule has 1 atom stereocenters. The maximum absolute atomic E-state index is 12.6. The Kier molecular flexibility index (Phi) is 4.06. The molecule has 0 aromatic carbocycles. The van der Waals surface area contributed by atoms with Crippen LogP contribution < -0.4 is 10.6 Å². The van der Waals surface area contributed by atoms with Crippen molar-refractivity contribution in [3.05, 3.63) is 0 Å². The van der Waals surface area contributed by atoms with Crippen LogP contribution in [0.4, 0.5) is 13.2 Å². The van der Waals surface area contributed by atoms with Gasteiger partial charge in [0.05, 0.1) is 6.04 Å². The van der Waals surface area contributed by atoms with Crippen LogP contribution in [0.2, 0.25) is 0 Å². The summed E-state index contributed by atoms with van der Waals surface area (Å²) < 4.78 is 37.9. The Morgan fingerprint density at radius 3 is 2.18 bits per heavy atom.